The molecule has 4 aromatic heterocycles. The van der Waals surface area contributed by atoms with Crippen molar-refractivity contribution in [2.75, 3.05) is 0 Å². The number of hydrogen-bond donors (Lipinski definition) is 2. The molecule has 2 saturated carbocycles. The first-order valence-electron chi connectivity index (χ1n) is 14.1. The zero-order valence-corrected chi connectivity index (χ0v) is 23.2. The van der Waals surface area contributed by atoms with Gasteiger partial charge in [-0.15, -0.1) is 5.10 Å². The molecule has 5 aromatic rings. The Morgan fingerprint density at radius 2 is 1.85 bits per heavy atom. The second-order valence-electron chi connectivity index (χ2n) is 11.5. The number of aromatic amines is 2. The van der Waals surface area contributed by atoms with Gasteiger partial charge in [0, 0.05) is 24.5 Å². The van der Waals surface area contributed by atoms with Crippen LogP contribution in [-0.2, 0) is 12.0 Å². The van der Waals surface area contributed by atoms with Crippen LogP contribution in [0.25, 0.3) is 34.1 Å². The number of benzene rings is 1. The SMILES string of the molecule is CC1CCC(Cn2c(C3(c4ccccc4)CCC3)nc3nc(-c4n[nH]c(=O)[nH]4)nc(-c4cncc(Cl)c4)c32)CC1. The molecule has 0 radical (unpaired) electrons. The van der Waals surface area contributed by atoms with Gasteiger partial charge in [-0.25, -0.2) is 24.8 Å². The molecule has 0 aliphatic heterocycles. The second-order valence-corrected chi connectivity index (χ2v) is 11.9. The van der Waals surface area contributed by atoms with Gasteiger partial charge in [-0.2, -0.15) is 0 Å². The van der Waals surface area contributed by atoms with Crippen molar-refractivity contribution >= 4 is 22.8 Å². The van der Waals surface area contributed by atoms with Crippen LogP contribution in [0.4, 0.5) is 0 Å². The topological polar surface area (TPSA) is 118 Å². The van der Waals surface area contributed by atoms with E-state index in [2.05, 4.69) is 62.0 Å². The number of rotatable bonds is 6. The minimum Gasteiger partial charge on any atom is -0.324 e. The van der Waals surface area contributed by atoms with Crippen molar-refractivity contribution in [3.63, 3.8) is 0 Å². The number of imidazole rings is 1. The molecular formula is C30H31ClN8O. The Hall–Kier alpha value is -3.85. The Morgan fingerprint density at radius 1 is 1.05 bits per heavy atom. The Labute approximate surface area is 236 Å². The molecule has 0 amide bonds. The predicted octanol–water partition coefficient (Wildman–Crippen LogP) is 5.92. The molecule has 0 atom stereocenters. The third kappa shape index (κ3) is 4.33. The molecular weight excluding hydrogens is 524 g/mol. The molecule has 0 unspecified atom stereocenters. The number of pyridine rings is 1. The number of nitrogens with one attached hydrogen (secondary N) is 2. The van der Waals surface area contributed by atoms with Crippen LogP contribution in [0.5, 0.6) is 0 Å². The number of nitrogens with zero attached hydrogens (tertiary/aromatic N) is 6. The molecule has 2 fully saturated rings. The van der Waals surface area contributed by atoms with Crippen molar-refractivity contribution < 1.29 is 0 Å². The standard InChI is InChI=1S/C30H31ClN8O/c1-18-8-10-19(11-9-18)17-39-24-23(20-14-22(31)16-32-15-20)33-26(27-36-29(40)38-37-27)34-25(24)35-28(39)30(12-5-13-30)21-6-3-2-4-7-21/h2-4,6-7,14-16,18-19H,5,8-13,17H2,1H3,(H2,36,37,38,40). The van der Waals surface area contributed by atoms with Crippen LogP contribution in [0.2, 0.25) is 5.02 Å². The van der Waals surface area contributed by atoms with E-state index in [1.54, 1.807) is 12.4 Å². The molecule has 1 aromatic carbocycles. The highest BCUT2D eigenvalue weighted by molar-refractivity contribution is 6.30. The lowest BCUT2D eigenvalue weighted by molar-refractivity contribution is 0.242. The maximum Gasteiger partial charge on any atom is 0.341 e. The summed E-state index contributed by atoms with van der Waals surface area (Å²) >= 11 is 6.41. The van der Waals surface area contributed by atoms with E-state index in [0.717, 1.165) is 48.6 Å². The van der Waals surface area contributed by atoms with Crippen LogP contribution < -0.4 is 5.69 Å². The van der Waals surface area contributed by atoms with Gasteiger partial charge in [0.25, 0.3) is 0 Å². The average Bonchev–Trinajstić information content (AvgIpc) is 3.53. The van der Waals surface area contributed by atoms with E-state index in [1.807, 2.05) is 6.07 Å². The third-order valence-corrected chi connectivity index (χ3v) is 9.04. The lowest BCUT2D eigenvalue weighted by Gasteiger charge is -2.42. The molecule has 2 aliphatic carbocycles. The van der Waals surface area contributed by atoms with Crippen LogP contribution in [0, 0.1) is 11.8 Å². The lowest BCUT2D eigenvalue weighted by Crippen LogP contribution is -2.39. The first kappa shape index (κ1) is 25.1. The summed E-state index contributed by atoms with van der Waals surface area (Å²) in [7, 11) is 0. The maximum atomic E-state index is 11.9. The Balaban J connectivity index is 1.50. The third-order valence-electron chi connectivity index (χ3n) is 8.83. The largest absolute Gasteiger partial charge is 0.341 e. The van der Waals surface area contributed by atoms with Crippen LogP contribution in [-0.4, -0.2) is 39.7 Å². The summed E-state index contributed by atoms with van der Waals surface area (Å²) in [6.07, 6.45) is 11.5. The molecule has 7 rings (SSSR count). The van der Waals surface area contributed by atoms with Crippen molar-refractivity contribution in [1.82, 2.24) is 39.7 Å². The van der Waals surface area contributed by atoms with E-state index in [9.17, 15) is 4.79 Å². The number of aromatic nitrogens is 8. The summed E-state index contributed by atoms with van der Waals surface area (Å²) in [6, 6.07) is 12.6. The number of halogens is 1. The average molecular weight is 555 g/mol. The zero-order chi connectivity index (χ0) is 27.3. The molecule has 10 heteroatoms. The first-order chi connectivity index (χ1) is 19.5. The highest BCUT2D eigenvalue weighted by Crippen LogP contribution is 2.50. The number of fused-ring (bicyclic) bond motifs is 1. The van der Waals surface area contributed by atoms with Crippen molar-refractivity contribution in [1.29, 1.82) is 0 Å². The van der Waals surface area contributed by atoms with Gasteiger partial charge >= 0.3 is 5.69 Å². The molecule has 4 heterocycles. The van der Waals surface area contributed by atoms with Crippen molar-refractivity contribution in [3.05, 3.63) is 75.7 Å². The summed E-state index contributed by atoms with van der Waals surface area (Å²) in [4.78, 5) is 34.1. The molecule has 204 valence electrons. The molecule has 9 nitrogen and oxygen atoms in total. The van der Waals surface area contributed by atoms with Crippen molar-refractivity contribution in [2.24, 2.45) is 11.8 Å². The van der Waals surface area contributed by atoms with E-state index in [4.69, 9.17) is 26.6 Å². The number of H-pyrrole nitrogens is 2. The van der Waals surface area contributed by atoms with E-state index in [0.29, 0.717) is 28.1 Å². The molecule has 2 N–H and O–H groups in total. The van der Waals surface area contributed by atoms with Crippen molar-refractivity contribution in [2.45, 2.75) is 63.8 Å². The zero-order valence-electron chi connectivity index (χ0n) is 22.4. The Bertz CT molecular complexity index is 1730. The normalized spacial score (nSPS) is 20.4. The summed E-state index contributed by atoms with van der Waals surface area (Å²) in [5.41, 5.74) is 3.60. The van der Waals surface area contributed by atoms with Gasteiger partial charge < -0.3 is 4.57 Å². The van der Waals surface area contributed by atoms with Crippen molar-refractivity contribution in [3.8, 4) is 22.9 Å². The smallest absolute Gasteiger partial charge is 0.324 e. The minimum atomic E-state index is -0.417. The molecule has 0 bridgehead atoms. The fourth-order valence-electron chi connectivity index (χ4n) is 6.50. The lowest BCUT2D eigenvalue weighted by atomic mass is 9.63. The second kappa shape index (κ2) is 9.96. The quantitative estimate of drug-likeness (QED) is 0.269. The van der Waals surface area contributed by atoms with Gasteiger partial charge in [0.2, 0.25) is 0 Å². The van der Waals surface area contributed by atoms with Gasteiger partial charge in [0.1, 0.15) is 17.0 Å². The summed E-state index contributed by atoms with van der Waals surface area (Å²) in [5.74, 6) is 2.92. The fraction of sp³-hybridized carbons (Fsp3) is 0.400. The maximum absolute atomic E-state index is 11.9. The Kier molecular flexibility index (Phi) is 6.26. The Morgan fingerprint density at radius 3 is 2.52 bits per heavy atom. The first-order valence-corrected chi connectivity index (χ1v) is 14.5. The molecule has 0 saturated heterocycles. The molecule has 0 spiro atoms. The predicted molar refractivity (Wildman–Crippen MR) is 154 cm³/mol. The van der Waals surface area contributed by atoms with Gasteiger partial charge in [-0.05, 0) is 49.1 Å². The van der Waals surface area contributed by atoms with E-state index < -0.39 is 5.69 Å². The van der Waals surface area contributed by atoms with Gasteiger partial charge in [0.05, 0.1) is 10.4 Å². The van der Waals surface area contributed by atoms with Gasteiger partial charge in [0.15, 0.2) is 17.3 Å². The fourth-order valence-corrected chi connectivity index (χ4v) is 6.68. The highest BCUT2D eigenvalue weighted by atomic mass is 35.5. The van der Waals surface area contributed by atoms with Crippen LogP contribution in [0.15, 0.2) is 53.6 Å². The van der Waals surface area contributed by atoms with E-state index >= 15 is 0 Å². The highest BCUT2D eigenvalue weighted by Gasteiger charge is 2.45. The van der Waals surface area contributed by atoms with Gasteiger partial charge in [-0.3, -0.25) is 9.97 Å². The summed E-state index contributed by atoms with van der Waals surface area (Å²) < 4.78 is 2.40. The summed E-state index contributed by atoms with van der Waals surface area (Å²) in [5, 5.41) is 7.05. The minimum absolute atomic E-state index is 0.186. The van der Waals surface area contributed by atoms with E-state index in [1.165, 1.54) is 31.2 Å². The molecule has 2 aliphatic rings. The van der Waals surface area contributed by atoms with Crippen LogP contribution in [0.1, 0.15) is 63.3 Å². The number of hydrogen-bond acceptors (Lipinski definition) is 6. The van der Waals surface area contributed by atoms with Gasteiger partial charge in [-0.1, -0.05) is 68.1 Å². The molecule has 40 heavy (non-hydrogen) atoms. The summed E-state index contributed by atoms with van der Waals surface area (Å²) in [6.45, 7) is 3.21. The van der Waals surface area contributed by atoms with E-state index in [-0.39, 0.29) is 11.2 Å². The van der Waals surface area contributed by atoms with Crippen LogP contribution in [0.3, 0.4) is 0 Å². The van der Waals surface area contributed by atoms with Crippen LogP contribution >= 0.6 is 11.6 Å². The monoisotopic (exact) mass is 554 g/mol.